The summed E-state index contributed by atoms with van der Waals surface area (Å²) >= 11 is 1.03. The molecular weight excluding hydrogens is 601 g/mol. The highest BCUT2D eigenvalue weighted by Crippen LogP contribution is 2.37. The van der Waals surface area contributed by atoms with Crippen LogP contribution in [0, 0.1) is 5.92 Å². The molecule has 1 heterocycles. The van der Waals surface area contributed by atoms with E-state index in [-0.39, 0.29) is 24.2 Å². The predicted octanol–water partition coefficient (Wildman–Crippen LogP) is 5.69. The minimum absolute atomic E-state index is 0.0276. The summed E-state index contributed by atoms with van der Waals surface area (Å²) in [5, 5.41) is 22.9. The Morgan fingerprint density at radius 1 is 1.12 bits per heavy atom. The lowest BCUT2D eigenvalue weighted by atomic mass is 9.88. The Kier molecular flexibility index (Phi) is 9.87. The van der Waals surface area contributed by atoms with E-state index >= 15 is 0 Å². The van der Waals surface area contributed by atoms with Crippen LogP contribution in [0.2, 0.25) is 0 Å². The molecule has 0 amide bonds. The fourth-order valence-electron chi connectivity index (χ4n) is 5.43. The number of carboxylic acids is 1. The van der Waals surface area contributed by atoms with Gasteiger partial charge in [-0.15, -0.1) is 11.3 Å². The third-order valence-electron chi connectivity index (χ3n) is 7.46. The molecule has 0 radical (unpaired) electrons. The van der Waals surface area contributed by atoms with Crippen LogP contribution in [0.3, 0.4) is 0 Å². The first-order valence-corrected chi connectivity index (χ1v) is 16.0. The zero-order valence-electron chi connectivity index (χ0n) is 24.1. The number of aliphatic hydroxyl groups excluding tert-OH is 1. The monoisotopic (exact) mass is 636 g/mol. The number of thiophene rings is 1. The first kappa shape index (κ1) is 32.9. The minimum Gasteiger partial charge on any atom is -0.478 e. The lowest BCUT2D eigenvalue weighted by molar-refractivity contribution is -0.137. The lowest BCUT2D eigenvalue weighted by Crippen LogP contribution is -2.47. The van der Waals surface area contributed by atoms with Gasteiger partial charge in [0.05, 0.1) is 16.6 Å². The van der Waals surface area contributed by atoms with Crippen molar-refractivity contribution in [2.24, 2.45) is 5.92 Å². The Bertz CT molecular complexity index is 1570. The van der Waals surface area contributed by atoms with Gasteiger partial charge >= 0.3 is 12.1 Å². The number of benzene rings is 2. The van der Waals surface area contributed by atoms with Gasteiger partial charge in [0, 0.05) is 41.5 Å². The van der Waals surface area contributed by atoms with E-state index in [1.807, 2.05) is 26.0 Å². The SMILES string of the molecule is CN(CC(O)CNC(C)(C)CC1Cc2ccccc2C1)S(=O)(=O)c1cc(-c2ccc(C=CC(=O)O)s2)cc(C(F)(F)F)c1. The van der Waals surface area contributed by atoms with Crippen molar-refractivity contribution in [3.8, 4) is 10.4 Å². The maximum absolute atomic E-state index is 13.8. The summed E-state index contributed by atoms with van der Waals surface area (Å²) in [4.78, 5) is 11.1. The molecule has 1 aromatic heterocycles. The van der Waals surface area contributed by atoms with Gasteiger partial charge in [0.1, 0.15) is 0 Å². The number of hydrogen-bond donors (Lipinski definition) is 3. The van der Waals surface area contributed by atoms with E-state index in [0.717, 1.165) is 53.1 Å². The second kappa shape index (κ2) is 12.9. The van der Waals surface area contributed by atoms with Crippen LogP contribution in [0.5, 0.6) is 0 Å². The Labute approximate surface area is 253 Å². The molecule has 0 fully saturated rings. The molecule has 232 valence electrons. The highest BCUT2D eigenvalue weighted by Gasteiger charge is 2.34. The summed E-state index contributed by atoms with van der Waals surface area (Å²) in [5.41, 5.74) is 1.26. The van der Waals surface area contributed by atoms with Crippen molar-refractivity contribution in [2.45, 2.75) is 55.8 Å². The highest BCUT2D eigenvalue weighted by atomic mass is 32.2. The fraction of sp³-hybridized carbons (Fsp3) is 0.387. The standard InChI is InChI=1S/C31H35F3N2O5S2/c1-30(2,17-20-12-21-6-4-5-7-22(21)13-20)35-18-25(37)19-36(3)43(40,41)27-15-23(14-24(16-27)31(32,33)34)28-10-8-26(42-28)9-11-29(38)39/h4-11,14-16,20,25,35,37H,12-13,17-19H2,1-3H3,(H,38,39). The number of halogens is 3. The van der Waals surface area contributed by atoms with Crippen molar-refractivity contribution in [3.05, 3.63) is 82.2 Å². The summed E-state index contributed by atoms with van der Waals surface area (Å²) in [6, 6.07) is 14.0. The Hall–Kier alpha value is -3.03. The van der Waals surface area contributed by atoms with Gasteiger partial charge < -0.3 is 15.5 Å². The average Bonchev–Trinajstić information content (AvgIpc) is 3.56. The van der Waals surface area contributed by atoms with E-state index in [0.29, 0.717) is 21.7 Å². The van der Waals surface area contributed by atoms with Gasteiger partial charge in [-0.05, 0) is 92.1 Å². The van der Waals surface area contributed by atoms with Gasteiger partial charge in [-0.25, -0.2) is 13.2 Å². The maximum atomic E-state index is 13.8. The van der Waals surface area contributed by atoms with Crippen LogP contribution < -0.4 is 5.32 Å². The van der Waals surface area contributed by atoms with Crippen molar-refractivity contribution in [2.75, 3.05) is 20.1 Å². The molecule has 0 aliphatic heterocycles. The maximum Gasteiger partial charge on any atom is 0.416 e. The van der Waals surface area contributed by atoms with Crippen molar-refractivity contribution in [3.63, 3.8) is 0 Å². The first-order valence-electron chi connectivity index (χ1n) is 13.7. The number of carboxylic acid groups (broad SMARTS) is 1. The van der Waals surface area contributed by atoms with Gasteiger partial charge in [-0.2, -0.15) is 17.5 Å². The highest BCUT2D eigenvalue weighted by molar-refractivity contribution is 7.89. The zero-order chi connectivity index (χ0) is 31.6. The number of nitrogens with zero attached hydrogens (tertiary/aromatic N) is 1. The summed E-state index contributed by atoms with van der Waals surface area (Å²) in [6.07, 6.45) is -0.887. The molecule has 12 heteroatoms. The minimum atomic E-state index is -4.81. The van der Waals surface area contributed by atoms with Crippen LogP contribution in [0.25, 0.3) is 16.5 Å². The largest absolute Gasteiger partial charge is 0.478 e. The third kappa shape index (κ3) is 8.54. The number of aliphatic carboxylic acids is 1. The van der Waals surface area contributed by atoms with Crippen LogP contribution >= 0.6 is 11.3 Å². The van der Waals surface area contributed by atoms with Crippen molar-refractivity contribution in [1.82, 2.24) is 9.62 Å². The molecule has 3 N–H and O–H groups in total. The summed E-state index contributed by atoms with van der Waals surface area (Å²) in [6.45, 7) is 3.83. The van der Waals surface area contributed by atoms with Crippen LogP contribution in [0.1, 0.15) is 41.8 Å². The quantitative estimate of drug-likeness (QED) is 0.221. The number of likely N-dealkylation sites (N-methyl/N-ethyl adjacent to an activating group) is 1. The van der Waals surface area contributed by atoms with Crippen LogP contribution in [0.4, 0.5) is 13.2 Å². The number of nitrogens with one attached hydrogen (secondary N) is 1. The molecule has 0 bridgehead atoms. The number of aliphatic hydroxyl groups is 1. The molecule has 2 aromatic carbocycles. The summed E-state index contributed by atoms with van der Waals surface area (Å²) in [5.74, 6) is -0.728. The Morgan fingerprint density at radius 3 is 2.37 bits per heavy atom. The molecule has 1 aliphatic carbocycles. The van der Waals surface area contributed by atoms with Gasteiger partial charge in [0.15, 0.2) is 0 Å². The molecular formula is C31H35F3N2O5S2. The first-order chi connectivity index (χ1) is 20.0. The van der Waals surface area contributed by atoms with Gasteiger partial charge in [0.2, 0.25) is 10.0 Å². The number of alkyl halides is 3. The summed E-state index contributed by atoms with van der Waals surface area (Å²) < 4.78 is 69.0. The number of sulfonamides is 1. The molecule has 0 saturated carbocycles. The van der Waals surface area contributed by atoms with E-state index in [2.05, 4.69) is 17.4 Å². The molecule has 4 rings (SSSR count). The van der Waals surface area contributed by atoms with Crippen molar-refractivity contribution < 1.29 is 36.6 Å². The number of rotatable bonds is 12. The average molecular weight is 637 g/mol. The molecule has 3 aromatic rings. The molecule has 0 spiro atoms. The number of β-amino-alcohol motifs (C(OH)–C–C–N with tert-alkyl or cyclic N) is 1. The van der Waals surface area contributed by atoms with E-state index < -0.39 is 38.7 Å². The van der Waals surface area contributed by atoms with Crippen LogP contribution in [-0.4, -0.2) is 60.7 Å². The normalized spacial score (nSPS) is 15.3. The van der Waals surface area contributed by atoms with Crippen molar-refractivity contribution >= 4 is 33.4 Å². The molecule has 1 unspecified atom stereocenters. The molecule has 7 nitrogen and oxygen atoms in total. The Morgan fingerprint density at radius 2 is 1.77 bits per heavy atom. The second-order valence-electron chi connectivity index (χ2n) is 11.6. The van der Waals surface area contributed by atoms with Gasteiger partial charge in [-0.3, -0.25) is 0 Å². The molecule has 0 saturated heterocycles. The zero-order valence-corrected chi connectivity index (χ0v) is 25.7. The second-order valence-corrected chi connectivity index (χ2v) is 14.7. The smallest absolute Gasteiger partial charge is 0.416 e. The van der Waals surface area contributed by atoms with Crippen LogP contribution in [-0.2, 0) is 33.8 Å². The van der Waals surface area contributed by atoms with Crippen LogP contribution in [0.15, 0.2) is 65.6 Å². The number of hydrogen-bond acceptors (Lipinski definition) is 6. The molecule has 1 atom stereocenters. The van der Waals surface area contributed by atoms with Crippen molar-refractivity contribution in [1.29, 1.82) is 0 Å². The lowest BCUT2D eigenvalue weighted by Gasteiger charge is -2.31. The number of carbonyl (C=O) groups is 1. The van der Waals surface area contributed by atoms with E-state index in [9.17, 15) is 31.5 Å². The van der Waals surface area contributed by atoms with E-state index in [4.69, 9.17) is 5.11 Å². The number of fused-ring (bicyclic) bond motifs is 1. The van der Waals surface area contributed by atoms with Gasteiger partial charge in [0.25, 0.3) is 0 Å². The molecule has 1 aliphatic rings. The van der Waals surface area contributed by atoms with E-state index in [1.165, 1.54) is 36.4 Å². The predicted molar refractivity (Wildman–Crippen MR) is 161 cm³/mol. The Balaban J connectivity index is 1.44. The third-order valence-corrected chi connectivity index (χ3v) is 10.4. The topological polar surface area (TPSA) is 107 Å². The van der Waals surface area contributed by atoms with Gasteiger partial charge in [-0.1, -0.05) is 24.3 Å². The molecule has 43 heavy (non-hydrogen) atoms. The van der Waals surface area contributed by atoms with E-state index in [1.54, 1.807) is 0 Å². The fourth-order valence-corrected chi connectivity index (χ4v) is 7.60. The summed E-state index contributed by atoms with van der Waals surface area (Å²) in [7, 11) is -3.18.